The van der Waals surface area contributed by atoms with Crippen LogP contribution in [0.3, 0.4) is 0 Å². The van der Waals surface area contributed by atoms with Gasteiger partial charge in [0.2, 0.25) is 0 Å². The summed E-state index contributed by atoms with van der Waals surface area (Å²) in [6.07, 6.45) is 0.133. The summed E-state index contributed by atoms with van der Waals surface area (Å²) < 4.78 is 18.3. The van der Waals surface area contributed by atoms with Gasteiger partial charge in [0.05, 0.1) is 7.11 Å². The molecule has 0 aliphatic heterocycles. The second kappa shape index (κ2) is 5.85. The molecule has 1 atom stereocenters. The number of hydrogen-bond donors (Lipinski definition) is 1. The zero-order valence-corrected chi connectivity index (χ0v) is 11.1. The Morgan fingerprint density at radius 2 is 1.89 bits per heavy atom. The van der Waals surface area contributed by atoms with Gasteiger partial charge in [0.1, 0.15) is 6.10 Å². The lowest BCUT2D eigenvalue weighted by Crippen LogP contribution is -2.01. The highest BCUT2D eigenvalue weighted by Crippen LogP contribution is 2.27. The topological polar surface area (TPSA) is 29.5 Å². The van der Waals surface area contributed by atoms with Crippen LogP contribution in [0.4, 0.5) is 4.39 Å². The van der Waals surface area contributed by atoms with Crippen LogP contribution >= 0.6 is 0 Å². The summed E-state index contributed by atoms with van der Waals surface area (Å²) in [7, 11) is 1.41. The van der Waals surface area contributed by atoms with Crippen molar-refractivity contribution in [3.05, 3.63) is 65.0 Å². The summed E-state index contributed by atoms with van der Waals surface area (Å²) >= 11 is 0. The summed E-state index contributed by atoms with van der Waals surface area (Å²) in [5.41, 5.74) is 2.57. The first-order chi connectivity index (χ1) is 9.15. The van der Waals surface area contributed by atoms with E-state index in [1.165, 1.54) is 19.2 Å². The summed E-state index contributed by atoms with van der Waals surface area (Å²) in [5, 5.41) is 10.3. The van der Waals surface area contributed by atoms with Crippen molar-refractivity contribution in [2.24, 2.45) is 0 Å². The third-order valence-corrected chi connectivity index (χ3v) is 3.17. The highest BCUT2D eigenvalue weighted by Gasteiger charge is 2.13. The van der Waals surface area contributed by atoms with Gasteiger partial charge >= 0.3 is 0 Å². The van der Waals surface area contributed by atoms with Gasteiger partial charge in [-0.3, -0.25) is 0 Å². The van der Waals surface area contributed by atoms with Gasteiger partial charge in [-0.05, 0) is 35.2 Å². The van der Waals surface area contributed by atoms with E-state index in [0.717, 1.165) is 17.5 Å². The fourth-order valence-corrected chi connectivity index (χ4v) is 2.02. The van der Waals surface area contributed by atoms with Crippen LogP contribution in [-0.4, -0.2) is 12.2 Å². The molecule has 0 fully saturated rings. The molecule has 1 N–H and O–H groups in total. The van der Waals surface area contributed by atoms with E-state index in [2.05, 4.69) is 6.92 Å². The first-order valence-corrected chi connectivity index (χ1v) is 6.26. The molecule has 0 saturated heterocycles. The van der Waals surface area contributed by atoms with E-state index < -0.39 is 11.9 Å². The molecular weight excluding hydrogens is 243 g/mol. The molecular formula is C16H17FO2. The number of methoxy groups -OCH3 is 1. The van der Waals surface area contributed by atoms with Gasteiger partial charge in [-0.15, -0.1) is 0 Å². The molecule has 19 heavy (non-hydrogen) atoms. The summed E-state index contributed by atoms with van der Waals surface area (Å²) in [4.78, 5) is 0. The summed E-state index contributed by atoms with van der Waals surface area (Å²) in [5.74, 6) is -0.288. The summed E-state index contributed by atoms with van der Waals surface area (Å²) in [6, 6.07) is 12.2. The largest absolute Gasteiger partial charge is 0.494 e. The average molecular weight is 260 g/mol. The molecule has 2 nitrogen and oxygen atoms in total. The first kappa shape index (κ1) is 13.6. The maximum atomic E-state index is 13.3. The minimum atomic E-state index is -0.777. The number of ether oxygens (including phenoxy) is 1. The van der Waals surface area contributed by atoms with Crippen LogP contribution in [0.2, 0.25) is 0 Å². The van der Waals surface area contributed by atoms with E-state index in [1.54, 1.807) is 6.07 Å². The quantitative estimate of drug-likeness (QED) is 0.912. The van der Waals surface area contributed by atoms with Gasteiger partial charge in [-0.25, -0.2) is 4.39 Å². The van der Waals surface area contributed by atoms with E-state index in [9.17, 15) is 9.50 Å². The lowest BCUT2D eigenvalue weighted by atomic mass is 9.99. The van der Waals surface area contributed by atoms with Crippen molar-refractivity contribution in [2.45, 2.75) is 19.4 Å². The molecule has 2 aromatic rings. The van der Waals surface area contributed by atoms with Crippen molar-refractivity contribution < 1.29 is 14.2 Å². The molecule has 0 bridgehead atoms. The number of rotatable bonds is 4. The SMILES string of the molecule is CCc1cccc(C(O)c2ccc(F)c(OC)c2)c1. The second-order valence-corrected chi connectivity index (χ2v) is 4.40. The van der Waals surface area contributed by atoms with Crippen LogP contribution in [-0.2, 0) is 6.42 Å². The van der Waals surface area contributed by atoms with Gasteiger partial charge in [-0.1, -0.05) is 37.3 Å². The van der Waals surface area contributed by atoms with Crippen molar-refractivity contribution in [1.82, 2.24) is 0 Å². The van der Waals surface area contributed by atoms with Crippen LogP contribution < -0.4 is 4.74 Å². The molecule has 0 heterocycles. The highest BCUT2D eigenvalue weighted by molar-refractivity contribution is 5.37. The third-order valence-electron chi connectivity index (χ3n) is 3.17. The number of hydrogen-bond acceptors (Lipinski definition) is 2. The smallest absolute Gasteiger partial charge is 0.165 e. The predicted octanol–water partition coefficient (Wildman–Crippen LogP) is 3.48. The molecule has 100 valence electrons. The number of aliphatic hydroxyl groups excluding tert-OH is 1. The second-order valence-electron chi connectivity index (χ2n) is 4.40. The Morgan fingerprint density at radius 1 is 1.16 bits per heavy atom. The molecule has 0 saturated carbocycles. The Bertz CT molecular complexity index is 566. The number of halogens is 1. The minimum absolute atomic E-state index is 0.142. The maximum Gasteiger partial charge on any atom is 0.165 e. The van der Waals surface area contributed by atoms with Crippen LogP contribution in [0.25, 0.3) is 0 Å². The molecule has 1 unspecified atom stereocenters. The normalized spacial score (nSPS) is 12.2. The molecule has 0 spiro atoms. The van der Waals surface area contributed by atoms with Crippen LogP contribution in [0.15, 0.2) is 42.5 Å². The van der Waals surface area contributed by atoms with Gasteiger partial charge < -0.3 is 9.84 Å². The Morgan fingerprint density at radius 3 is 2.58 bits per heavy atom. The van der Waals surface area contributed by atoms with E-state index in [-0.39, 0.29) is 5.75 Å². The Kier molecular flexibility index (Phi) is 4.17. The zero-order chi connectivity index (χ0) is 13.8. The maximum absolute atomic E-state index is 13.3. The summed E-state index contributed by atoms with van der Waals surface area (Å²) in [6.45, 7) is 2.06. The molecule has 2 rings (SSSR count). The number of benzene rings is 2. The van der Waals surface area contributed by atoms with E-state index >= 15 is 0 Å². The van der Waals surface area contributed by atoms with Crippen LogP contribution in [0.1, 0.15) is 29.7 Å². The van der Waals surface area contributed by atoms with Crippen molar-refractivity contribution in [1.29, 1.82) is 0 Å². The predicted molar refractivity (Wildman–Crippen MR) is 72.8 cm³/mol. The Labute approximate surface area is 112 Å². The monoisotopic (exact) mass is 260 g/mol. The van der Waals surface area contributed by atoms with E-state index in [0.29, 0.717) is 5.56 Å². The van der Waals surface area contributed by atoms with Gasteiger partial charge in [-0.2, -0.15) is 0 Å². The minimum Gasteiger partial charge on any atom is -0.494 e. The molecule has 0 aliphatic carbocycles. The molecule has 2 aromatic carbocycles. The van der Waals surface area contributed by atoms with Gasteiger partial charge in [0, 0.05) is 0 Å². The van der Waals surface area contributed by atoms with Crippen LogP contribution in [0.5, 0.6) is 5.75 Å². The lowest BCUT2D eigenvalue weighted by molar-refractivity contribution is 0.219. The Hall–Kier alpha value is -1.87. The fraction of sp³-hybridized carbons (Fsp3) is 0.250. The van der Waals surface area contributed by atoms with Crippen molar-refractivity contribution in [3.63, 3.8) is 0 Å². The van der Waals surface area contributed by atoms with Gasteiger partial charge in [0.15, 0.2) is 11.6 Å². The van der Waals surface area contributed by atoms with E-state index in [1.807, 2.05) is 24.3 Å². The standard InChI is InChI=1S/C16H17FO2/c1-3-11-5-4-6-12(9-11)16(18)13-7-8-14(17)15(10-13)19-2/h4-10,16,18H,3H2,1-2H3. The van der Waals surface area contributed by atoms with Crippen LogP contribution in [0, 0.1) is 5.82 Å². The number of aryl methyl sites for hydroxylation is 1. The molecule has 0 aliphatic rings. The van der Waals surface area contributed by atoms with Crippen molar-refractivity contribution in [3.8, 4) is 5.75 Å². The van der Waals surface area contributed by atoms with Gasteiger partial charge in [0.25, 0.3) is 0 Å². The Balaban J connectivity index is 2.35. The van der Waals surface area contributed by atoms with Crippen molar-refractivity contribution in [2.75, 3.05) is 7.11 Å². The first-order valence-electron chi connectivity index (χ1n) is 6.26. The molecule has 0 radical (unpaired) electrons. The lowest BCUT2D eigenvalue weighted by Gasteiger charge is -2.14. The zero-order valence-electron chi connectivity index (χ0n) is 11.1. The molecule has 0 amide bonds. The highest BCUT2D eigenvalue weighted by atomic mass is 19.1. The molecule has 3 heteroatoms. The third kappa shape index (κ3) is 2.93. The average Bonchev–Trinajstić information content (AvgIpc) is 2.47. The molecule has 0 aromatic heterocycles. The van der Waals surface area contributed by atoms with Crippen molar-refractivity contribution >= 4 is 0 Å². The fourth-order valence-electron chi connectivity index (χ4n) is 2.02. The van der Waals surface area contributed by atoms with E-state index in [4.69, 9.17) is 4.74 Å². The number of aliphatic hydroxyl groups is 1.